The average molecular weight is 278 g/mol. The van der Waals surface area contributed by atoms with Gasteiger partial charge < -0.3 is 15.0 Å². The van der Waals surface area contributed by atoms with Crippen molar-refractivity contribution in [2.45, 2.75) is 44.6 Å². The highest BCUT2D eigenvalue weighted by atomic mass is 16.6. The zero-order valence-electron chi connectivity index (χ0n) is 11.5. The molecule has 0 radical (unpaired) electrons. The molecule has 7 heteroatoms. The van der Waals surface area contributed by atoms with E-state index in [4.69, 9.17) is 10.1 Å². The molecule has 2 rings (SSSR count). The average Bonchev–Trinajstić information content (AvgIpc) is 2.94. The molecule has 0 aromatic heterocycles. The topological polar surface area (TPSA) is 96.1 Å². The highest BCUT2D eigenvalue weighted by Gasteiger charge is 2.31. The number of nitriles is 1. The minimum Gasteiger partial charge on any atom is -0.398 e. The third-order valence-electron chi connectivity index (χ3n) is 3.63. The lowest BCUT2D eigenvalue weighted by Crippen LogP contribution is -2.36. The van der Waals surface area contributed by atoms with E-state index in [2.05, 4.69) is 20.5 Å². The Balaban J connectivity index is 1.85. The fourth-order valence-electron chi connectivity index (χ4n) is 2.62. The minimum absolute atomic E-state index is 0.0375. The molecule has 1 amide bonds. The van der Waals surface area contributed by atoms with Crippen LogP contribution in [-0.4, -0.2) is 30.7 Å². The molecule has 0 aromatic rings. The Morgan fingerprint density at radius 3 is 2.90 bits per heavy atom. The van der Waals surface area contributed by atoms with Crippen LogP contribution in [0.15, 0.2) is 10.3 Å². The number of hydrogen-bond acceptors (Lipinski definition) is 6. The fourth-order valence-corrected chi connectivity index (χ4v) is 2.62. The van der Waals surface area contributed by atoms with Gasteiger partial charge in [-0.2, -0.15) is 5.26 Å². The molecule has 20 heavy (non-hydrogen) atoms. The summed E-state index contributed by atoms with van der Waals surface area (Å²) in [6.45, 7) is 0. The molecule has 1 atom stereocenters. The quantitative estimate of drug-likeness (QED) is 0.621. The van der Waals surface area contributed by atoms with Gasteiger partial charge in [-0.3, -0.25) is 4.79 Å². The molecule has 0 aromatic carbocycles. The maximum atomic E-state index is 11.7. The summed E-state index contributed by atoms with van der Waals surface area (Å²) in [5, 5.41) is 18.5. The summed E-state index contributed by atoms with van der Waals surface area (Å²) in [4.78, 5) is 21.6. The van der Waals surface area contributed by atoms with E-state index in [0.717, 1.165) is 12.8 Å². The van der Waals surface area contributed by atoms with Crippen LogP contribution in [0, 0.1) is 17.2 Å². The van der Waals surface area contributed by atoms with Crippen LogP contribution in [0.4, 0.5) is 0 Å². The molecule has 7 nitrogen and oxygen atoms in total. The number of rotatable bonds is 3. The first-order valence-electron chi connectivity index (χ1n) is 6.80. The highest BCUT2D eigenvalue weighted by Crippen LogP contribution is 2.31. The maximum Gasteiger partial charge on any atom is 0.289 e. The summed E-state index contributed by atoms with van der Waals surface area (Å²) in [6, 6.07) is 1.67. The molecule has 1 unspecified atom stereocenters. The summed E-state index contributed by atoms with van der Waals surface area (Å²) in [5.41, 5.74) is -0.337. The number of carbonyl (C=O) groups is 1. The molecule has 1 saturated carbocycles. The lowest BCUT2D eigenvalue weighted by Gasteiger charge is -2.25. The second kappa shape index (κ2) is 6.89. The molecule has 1 aliphatic heterocycles. The predicted molar refractivity (Wildman–Crippen MR) is 71.7 cm³/mol. The van der Waals surface area contributed by atoms with E-state index in [1.807, 2.05) is 0 Å². The van der Waals surface area contributed by atoms with Gasteiger partial charge in [0.1, 0.15) is 19.3 Å². The van der Waals surface area contributed by atoms with Gasteiger partial charge in [0.2, 0.25) is 5.71 Å². The summed E-state index contributed by atoms with van der Waals surface area (Å²) in [7, 11) is 1.28. The Bertz CT molecular complexity index is 461. The van der Waals surface area contributed by atoms with Crippen molar-refractivity contribution in [2.24, 2.45) is 16.2 Å². The molecule has 0 spiro atoms. The van der Waals surface area contributed by atoms with E-state index in [0.29, 0.717) is 18.2 Å². The number of oxime groups is 2. The number of amides is 1. The molecule has 1 aliphatic carbocycles. The minimum atomic E-state index is -0.624. The van der Waals surface area contributed by atoms with Crippen molar-refractivity contribution < 1.29 is 14.5 Å². The van der Waals surface area contributed by atoms with Gasteiger partial charge in [-0.15, -0.1) is 0 Å². The molecular weight excluding hydrogens is 260 g/mol. The van der Waals surface area contributed by atoms with Crippen molar-refractivity contribution in [3.63, 3.8) is 0 Å². The van der Waals surface area contributed by atoms with Crippen molar-refractivity contribution >= 4 is 17.5 Å². The molecule has 1 heterocycles. The summed E-state index contributed by atoms with van der Waals surface area (Å²) in [5.74, 6) is 0.329. The normalized spacial score (nSPS) is 23.5. The van der Waals surface area contributed by atoms with Gasteiger partial charge in [-0.05, 0) is 18.8 Å². The van der Waals surface area contributed by atoms with E-state index in [9.17, 15) is 4.79 Å². The van der Waals surface area contributed by atoms with Gasteiger partial charge in [0.05, 0.1) is 0 Å². The number of nitrogens with one attached hydrogen (secondary N) is 1. The number of amidine groups is 1. The Hall–Kier alpha value is -2.10. The van der Waals surface area contributed by atoms with E-state index in [1.54, 1.807) is 6.07 Å². The lowest BCUT2D eigenvalue weighted by molar-refractivity contribution is -0.113. The van der Waals surface area contributed by atoms with Crippen LogP contribution in [0.3, 0.4) is 0 Å². The second-order valence-corrected chi connectivity index (χ2v) is 4.97. The van der Waals surface area contributed by atoms with Crippen molar-refractivity contribution in [1.82, 2.24) is 5.32 Å². The molecule has 108 valence electrons. The van der Waals surface area contributed by atoms with Crippen molar-refractivity contribution in [1.29, 1.82) is 5.26 Å². The van der Waals surface area contributed by atoms with E-state index in [1.165, 1.54) is 26.4 Å². The Morgan fingerprint density at radius 1 is 1.50 bits per heavy atom. The number of hydrogen-bond donors (Lipinski definition) is 1. The Kier molecular flexibility index (Phi) is 4.93. The van der Waals surface area contributed by atoms with Crippen LogP contribution in [0.2, 0.25) is 0 Å². The van der Waals surface area contributed by atoms with Crippen LogP contribution >= 0.6 is 0 Å². The molecule has 1 fully saturated rings. The van der Waals surface area contributed by atoms with E-state index >= 15 is 0 Å². The molecule has 1 N–H and O–H groups in total. The summed E-state index contributed by atoms with van der Waals surface area (Å²) in [6.07, 6.45) is 6.65. The third-order valence-corrected chi connectivity index (χ3v) is 3.63. The highest BCUT2D eigenvalue weighted by molar-refractivity contribution is 6.47. The lowest BCUT2D eigenvalue weighted by atomic mass is 9.84. The first-order valence-corrected chi connectivity index (χ1v) is 6.80. The predicted octanol–water partition coefficient (Wildman–Crippen LogP) is 1.31. The molecule has 0 saturated heterocycles. The van der Waals surface area contributed by atoms with Crippen LogP contribution in [0.1, 0.15) is 38.5 Å². The zero-order valence-corrected chi connectivity index (χ0v) is 11.5. The largest absolute Gasteiger partial charge is 0.398 e. The van der Waals surface area contributed by atoms with Gasteiger partial charge >= 0.3 is 0 Å². The van der Waals surface area contributed by atoms with Gasteiger partial charge in [-0.1, -0.05) is 29.6 Å². The van der Waals surface area contributed by atoms with Crippen LogP contribution < -0.4 is 5.32 Å². The van der Waals surface area contributed by atoms with Gasteiger partial charge in [0.15, 0.2) is 5.84 Å². The van der Waals surface area contributed by atoms with E-state index in [-0.39, 0.29) is 11.8 Å². The van der Waals surface area contributed by atoms with Crippen molar-refractivity contribution in [3.05, 3.63) is 0 Å². The van der Waals surface area contributed by atoms with Crippen LogP contribution in [0.25, 0.3) is 0 Å². The first kappa shape index (κ1) is 14.3. The first-order chi connectivity index (χ1) is 9.74. The van der Waals surface area contributed by atoms with Crippen molar-refractivity contribution in [2.75, 3.05) is 7.11 Å². The zero-order chi connectivity index (χ0) is 14.4. The monoisotopic (exact) mass is 278 g/mol. The Morgan fingerprint density at radius 2 is 2.25 bits per heavy atom. The summed E-state index contributed by atoms with van der Waals surface area (Å²) >= 11 is 0. The van der Waals surface area contributed by atoms with Gasteiger partial charge in [-0.25, -0.2) is 0 Å². The number of nitrogens with zero attached hydrogens (tertiary/aromatic N) is 3. The standard InChI is InChI=1S/C13H18N4O3/c1-19-16-10(8-14)13(18)15-12-7-11(20-17-12)9-5-3-2-4-6-9/h9,11H,2-7H2,1H3,(H,15,17,18)/b16-10+. The van der Waals surface area contributed by atoms with Gasteiger partial charge in [0.25, 0.3) is 5.91 Å². The molecule has 2 aliphatic rings. The molecule has 0 bridgehead atoms. The Labute approximate surface area is 117 Å². The van der Waals surface area contributed by atoms with Crippen LogP contribution in [-0.2, 0) is 14.5 Å². The summed E-state index contributed by atoms with van der Waals surface area (Å²) < 4.78 is 0. The van der Waals surface area contributed by atoms with E-state index < -0.39 is 5.91 Å². The second-order valence-electron chi connectivity index (χ2n) is 4.97. The smallest absolute Gasteiger partial charge is 0.289 e. The number of carbonyl (C=O) groups excluding carboxylic acids is 1. The van der Waals surface area contributed by atoms with Gasteiger partial charge in [0, 0.05) is 6.42 Å². The maximum absolute atomic E-state index is 11.7. The third kappa shape index (κ3) is 3.47. The molecular formula is C13H18N4O3. The SMILES string of the molecule is CO/N=C(\C#N)C(=O)NC1=NOC(C2CCCCC2)C1. The van der Waals surface area contributed by atoms with Crippen molar-refractivity contribution in [3.8, 4) is 6.07 Å². The fraction of sp³-hybridized carbons (Fsp3) is 0.692. The van der Waals surface area contributed by atoms with Crippen LogP contribution in [0.5, 0.6) is 0 Å².